The largest absolute Gasteiger partial charge is 0.479 e. The maximum Gasteiger partial charge on any atom is 0.334 e. The molecule has 1 atom stereocenters. The second kappa shape index (κ2) is 6.85. The first-order valence-corrected chi connectivity index (χ1v) is 8.22. The normalized spacial score (nSPS) is 17.6. The predicted molar refractivity (Wildman–Crippen MR) is 91.3 cm³/mol. The number of aromatic nitrogens is 2. The van der Waals surface area contributed by atoms with Crippen molar-refractivity contribution in [3.8, 4) is 5.69 Å². The van der Waals surface area contributed by atoms with Crippen molar-refractivity contribution in [3.05, 3.63) is 46.2 Å². The minimum Gasteiger partial charge on any atom is -0.479 e. The lowest BCUT2D eigenvalue weighted by Gasteiger charge is -2.30. The SMILES string of the molecule is Cc1nn(-c2ccc(C(=O)N3CCO[C@@H](C(=O)O)C3)cc2)c(C)c1Cl. The van der Waals surface area contributed by atoms with E-state index in [-0.39, 0.29) is 19.1 Å². The predicted octanol–water partition coefficient (Wildman–Crippen LogP) is 2.07. The molecular formula is C17H18ClN3O4. The second-order valence-electron chi connectivity index (χ2n) is 5.89. The number of nitrogens with zero attached hydrogens (tertiary/aromatic N) is 3. The molecule has 2 aromatic rings. The summed E-state index contributed by atoms with van der Waals surface area (Å²) in [7, 11) is 0. The average Bonchev–Trinajstić information content (AvgIpc) is 2.89. The summed E-state index contributed by atoms with van der Waals surface area (Å²) in [4.78, 5) is 25.1. The number of morpholine rings is 1. The van der Waals surface area contributed by atoms with E-state index in [1.54, 1.807) is 28.9 Å². The highest BCUT2D eigenvalue weighted by Gasteiger charge is 2.29. The Morgan fingerprint density at radius 1 is 1.28 bits per heavy atom. The Kier molecular flexibility index (Phi) is 4.78. The van der Waals surface area contributed by atoms with Crippen molar-refractivity contribution >= 4 is 23.5 Å². The number of hydrogen-bond acceptors (Lipinski definition) is 4. The van der Waals surface area contributed by atoms with Crippen LogP contribution >= 0.6 is 11.6 Å². The van der Waals surface area contributed by atoms with E-state index in [0.717, 1.165) is 17.1 Å². The van der Waals surface area contributed by atoms with Crippen molar-refractivity contribution in [2.75, 3.05) is 19.7 Å². The van der Waals surface area contributed by atoms with Crippen molar-refractivity contribution in [2.45, 2.75) is 20.0 Å². The molecule has 1 aromatic carbocycles. The number of hydrogen-bond donors (Lipinski definition) is 1. The molecule has 1 aliphatic heterocycles. The Labute approximate surface area is 149 Å². The lowest BCUT2D eigenvalue weighted by atomic mass is 10.1. The maximum absolute atomic E-state index is 12.6. The van der Waals surface area contributed by atoms with Gasteiger partial charge >= 0.3 is 5.97 Å². The molecule has 0 bridgehead atoms. The molecule has 1 saturated heterocycles. The third-order valence-corrected chi connectivity index (χ3v) is 4.74. The van der Waals surface area contributed by atoms with Crippen LogP contribution in [0.3, 0.4) is 0 Å². The van der Waals surface area contributed by atoms with Crippen LogP contribution in [-0.4, -0.2) is 57.5 Å². The van der Waals surface area contributed by atoms with Crippen molar-refractivity contribution < 1.29 is 19.4 Å². The van der Waals surface area contributed by atoms with Crippen LogP contribution in [0, 0.1) is 13.8 Å². The molecule has 0 spiro atoms. The molecule has 0 unspecified atom stereocenters. The lowest BCUT2D eigenvalue weighted by Crippen LogP contribution is -2.48. The molecule has 1 aliphatic rings. The lowest BCUT2D eigenvalue weighted by molar-refractivity contribution is -0.154. The third-order valence-electron chi connectivity index (χ3n) is 4.19. The van der Waals surface area contributed by atoms with Crippen LogP contribution in [-0.2, 0) is 9.53 Å². The fourth-order valence-electron chi connectivity index (χ4n) is 2.79. The smallest absolute Gasteiger partial charge is 0.334 e. The Hall–Kier alpha value is -2.38. The van der Waals surface area contributed by atoms with E-state index in [1.165, 1.54) is 4.90 Å². The molecule has 0 saturated carbocycles. The van der Waals surface area contributed by atoms with Gasteiger partial charge in [-0.25, -0.2) is 9.48 Å². The number of carboxylic acid groups (broad SMARTS) is 1. The van der Waals surface area contributed by atoms with E-state index >= 15 is 0 Å². The zero-order valence-corrected chi connectivity index (χ0v) is 14.7. The van der Waals surface area contributed by atoms with Crippen LogP contribution in [0.25, 0.3) is 5.69 Å². The Balaban J connectivity index is 1.79. The number of carboxylic acids is 1. The van der Waals surface area contributed by atoms with Gasteiger partial charge in [0.25, 0.3) is 5.91 Å². The van der Waals surface area contributed by atoms with Crippen LogP contribution in [0.4, 0.5) is 0 Å². The number of carbonyl (C=O) groups is 2. The fraction of sp³-hybridized carbons (Fsp3) is 0.353. The molecule has 7 nitrogen and oxygen atoms in total. The van der Waals surface area contributed by atoms with Gasteiger partial charge in [-0.2, -0.15) is 5.10 Å². The molecule has 1 fully saturated rings. The van der Waals surface area contributed by atoms with Gasteiger partial charge in [0.2, 0.25) is 0 Å². The molecule has 25 heavy (non-hydrogen) atoms. The van der Waals surface area contributed by atoms with E-state index in [4.69, 9.17) is 21.4 Å². The summed E-state index contributed by atoms with van der Waals surface area (Å²) in [5.74, 6) is -1.28. The zero-order chi connectivity index (χ0) is 18.1. The fourth-order valence-corrected chi connectivity index (χ4v) is 2.90. The Bertz CT molecular complexity index is 816. The minimum absolute atomic E-state index is 0.0446. The third kappa shape index (κ3) is 3.38. The quantitative estimate of drug-likeness (QED) is 0.902. The molecule has 8 heteroatoms. The summed E-state index contributed by atoms with van der Waals surface area (Å²) in [6.07, 6.45) is -0.978. The number of halogens is 1. The number of amides is 1. The van der Waals surface area contributed by atoms with Crippen molar-refractivity contribution in [3.63, 3.8) is 0 Å². The van der Waals surface area contributed by atoms with Crippen molar-refractivity contribution in [1.29, 1.82) is 0 Å². The number of benzene rings is 1. The number of rotatable bonds is 3. The van der Waals surface area contributed by atoms with E-state index in [2.05, 4.69) is 5.10 Å². The molecule has 3 rings (SSSR count). The van der Waals surface area contributed by atoms with Crippen LogP contribution in [0.1, 0.15) is 21.7 Å². The summed E-state index contributed by atoms with van der Waals surface area (Å²) in [6, 6.07) is 6.98. The summed E-state index contributed by atoms with van der Waals surface area (Å²) in [6.45, 7) is 4.34. The van der Waals surface area contributed by atoms with Gasteiger partial charge in [-0.05, 0) is 38.1 Å². The van der Waals surface area contributed by atoms with Gasteiger partial charge < -0.3 is 14.7 Å². The minimum atomic E-state index is -1.06. The molecule has 2 heterocycles. The zero-order valence-electron chi connectivity index (χ0n) is 13.9. The summed E-state index contributed by atoms with van der Waals surface area (Å²) in [5.41, 5.74) is 2.86. The van der Waals surface area contributed by atoms with Gasteiger partial charge in [0.05, 0.1) is 35.2 Å². The van der Waals surface area contributed by atoms with E-state index < -0.39 is 12.1 Å². The van der Waals surface area contributed by atoms with E-state index in [9.17, 15) is 9.59 Å². The van der Waals surface area contributed by atoms with Gasteiger partial charge in [0.1, 0.15) is 0 Å². The Morgan fingerprint density at radius 3 is 2.52 bits per heavy atom. The van der Waals surface area contributed by atoms with E-state index in [0.29, 0.717) is 17.1 Å². The molecule has 132 valence electrons. The molecular weight excluding hydrogens is 346 g/mol. The molecule has 1 amide bonds. The number of aryl methyl sites for hydroxylation is 1. The van der Waals surface area contributed by atoms with Gasteiger partial charge in [0, 0.05) is 12.1 Å². The van der Waals surface area contributed by atoms with Gasteiger partial charge in [-0.15, -0.1) is 0 Å². The summed E-state index contributed by atoms with van der Waals surface area (Å²) < 4.78 is 6.87. The monoisotopic (exact) mass is 363 g/mol. The van der Waals surface area contributed by atoms with Crippen molar-refractivity contribution in [1.82, 2.24) is 14.7 Å². The van der Waals surface area contributed by atoms with Crippen LogP contribution in [0.5, 0.6) is 0 Å². The van der Waals surface area contributed by atoms with E-state index in [1.807, 2.05) is 13.8 Å². The second-order valence-corrected chi connectivity index (χ2v) is 6.27. The van der Waals surface area contributed by atoms with Gasteiger partial charge in [-0.1, -0.05) is 11.6 Å². The average molecular weight is 364 g/mol. The summed E-state index contributed by atoms with van der Waals surface area (Å²) in [5, 5.41) is 14.0. The van der Waals surface area contributed by atoms with Crippen molar-refractivity contribution in [2.24, 2.45) is 0 Å². The molecule has 0 aliphatic carbocycles. The highest BCUT2D eigenvalue weighted by Crippen LogP contribution is 2.22. The summed E-state index contributed by atoms with van der Waals surface area (Å²) >= 11 is 6.17. The maximum atomic E-state index is 12.6. The topological polar surface area (TPSA) is 84.7 Å². The van der Waals surface area contributed by atoms with Gasteiger partial charge in [-0.3, -0.25) is 4.79 Å². The number of aliphatic carboxylic acids is 1. The number of ether oxygens (including phenoxy) is 1. The molecule has 1 N–H and O–H groups in total. The van der Waals surface area contributed by atoms with Crippen LogP contribution in [0.15, 0.2) is 24.3 Å². The first-order valence-electron chi connectivity index (χ1n) is 7.84. The first-order chi connectivity index (χ1) is 11.9. The first kappa shape index (κ1) is 17.4. The standard InChI is InChI=1S/C17H18ClN3O4/c1-10-15(18)11(2)21(19-10)13-5-3-12(4-6-13)16(22)20-7-8-25-14(9-20)17(23)24/h3-6,14H,7-9H2,1-2H3,(H,23,24)/t14-/m1/s1. The highest BCUT2D eigenvalue weighted by atomic mass is 35.5. The van der Waals surface area contributed by atoms with Crippen LogP contribution < -0.4 is 0 Å². The number of carbonyl (C=O) groups excluding carboxylic acids is 1. The Morgan fingerprint density at radius 2 is 1.96 bits per heavy atom. The highest BCUT2D eigenvalue weighted by molar-refractivity contribution is 6.31. The molecule has 1 aromatic heterocycles. The van der Waals surface area contributed by atoms with Crippen LogP contribution in [0.2, 0.25) is 5.02 Å². The molecule has 0 radical (unpaired) electrons. The van der Waals surface area contributed by atoms with Gasteiger partial charge in [0.15, 0.2) is 6.10 Å².